The van der Waals surface area contributed by atoms with Gasteiger partial charge in [0.05, 0.1) is 17.1 Å². The summed E-state index contributed by atoms with van der Waals surface area (Å²) in [6, 6.07) is 5.22. The van der Waals surface area contributed by atoms with E-state index in [0.29, 0.717) is 17.0 Å². The molecule has 1 aromatic carbocycles. The van der Waals surface area contributed by atoms with E-state index < -0.39 is 0 Å². The molecule has 0 aliphatic carbocycles. The number of hydrogen-bond donors (Lipinski definition) is 0. The van der Waals surface area contributed by atoms with Gasteiger partial charge in [0.1, 0.15) is 5.01 Å². The molecule has 0 unspecified atom stereocenters. The van der Waals surface area contributed by atoms with Crippen molar-refractivity contribution in [1.82, 2.24) is 4.98 Å². The fraction of sp³-hybridized carbons (Fsp3) is 0.333. The Bertz CT molecular complexity index is 646. The molecule has 0 radical (unpaired) electrons. The molecule has 0 saturated carbocycles. The van der Waals surface area contributed by atoms with Crippen LogP contribution in [0.2, 0.25) is 5.02 Å². The molecule has 0 aliphatic rings. The number of rotatable bonds is 3. The minimum absolute atomic E-state index is 0.0150. The summed E-state index contributed by atoms with van der Waals surface area (Å²) in [5.74, 6) is 0.0529. The maximum Gasteiger partial charge on any atom is 0.169 e. The Morgan fingerprint density at radius 2 is 2.10 bits per heavy atom. The van der Waals surface area contributed by atoms with E-state index in [1.54, 1.807) is 18.2 Å². The Balaban J connectivity index is 2.15. The third-order valence-corrected chi connectivity index (χ3v) is 4.94. The fourth-order valence-corrected chi connectivity index (χ4v) is 3.16. The number of ketones is 1. The number of hydrogen-bond acceptors (Lipinski definition) is 3. The van der Waals surface area contributed by atoms with E-state index in [2.05, 4.69) is 41.7 Å². The highest BCUT2D eigenvalue weighted by molar-refractivity contribution is 9.10. The zero-order chi connectivity index (χ0) is 14.9. The van der Waals surface area contributed by atoms with E-state index in [9.17, 15) is 4.79 Å². The highest BCUT2D eigenvalue weighted by Crippen LogP contribution is 2.26. The number of Topliss-reactive ketones (excluding diaryl/α,β-unsaturated/α-hetero) is 1. The van der Waals surface area contributed by atoms with Crippen LogP contribution >= 0.6 is 38.9 Å². The zero-order valence-corrected chi connectivity index (χ0v) is 14.7. The van der Waals surface area contributed by atoms with Gasteiger partial charge in [-0.25, -0.2) is 4.98 Å². The molecule has 0 aliphatic heterocycles. The van der Waals surface area contributed by atoms with Gasteiger partial charge < -0.3 is 0 Å². The summed E-state index contributed by atoms with van der Waals surface area (Å²) in [6.07, 6.45) is 0.328. The van der Waals surface area contributed by atoms with Gasteiger partial charge in [-0.1, -0.05) is 32.4 Å². The summed E-state index contributed by atoms with van der Waals surface area (Å²) in [7, 11) is 0. The van der Waals surface area contributed by atoms with Gasteiger partial charge in [0.15, 0.2) is 5.78 Å². The molecule has 0 saturated heterocycles. The molecule has 106 valence electrons. The van der Waals surface area contributed by atoms with Gasteiger partial charge >= 0.3 is 0 Å². The van der Waals surface area contributed by atoms with Crippen molar-refractivity contribution in [2.75, 3.05) is 0 Å². The molecular weight excluding hydrogens is 358 g/mol. The first-order valence-electron chi connectivity index (χ1n) is 6.20. The van der Waals surface area contributed by atoms with Crippen molar-refractivity contribution < 1.29 is 4.79 Å². The normalized spacial score (nSPS) is 11.7. The Labute approximate surface area is 136 Å². The van der Waals surface area contributed by atoms with Gasteiger partial charge in [0, 0.05) is 20.8 Å². The van der Waals surface area contributed by atoms with Crippen molar-refractivity contribution in [2.24, 2.45) is 0 Å². The largest absolute Gasteiger partial charge is 0.294 e. The number of thiazole rings is 1. The van der Waals surface area contributed by atoms with Gasteiger partial charge in [-0.15, -0.1) is 11.3 Å². The van der Waals surface area contributed by atoms with Gasteiger partial charge in [0.25, 0.3) is 0 Å². The molecule has 0 fully saturated rings. The fourth-order valence-electron chi connectivity index (χ4n) is 1.65. The number of benzene rings is 1. The quantitative estimate of drug-likeness (QED) is 0.686. The zero-order valence-electron chi connectivity index (χ0n) is 11.5. The van der Waals surface area contributed by atoms with Crippen LogP contribution in [0.1, 0.15) is 41.8 Å². The van der Waals surface area contributed by atoms with Crippen LogP contribution in [0, 0.1) is 0 Å². The summed E-state index contributed by atoms with van der Waals surface area (Å²) in [4.78, 5) is 16.8. The lowest BCUT2D eigenvalue weighted by atomic mass is 9.93. The van der Waals surface area contributed by atoms with Crippen molar-refractivity contribution in [3.63, 3.8) is 0 Å². The summed E-state index contributed by atoms with van der Waals surface area (Å²) in [5.41, 5.74) is 1.69. The van der Waals surface area contributed by atoms with E-state index >= 15 is 0 Å². The maximum absolute atomic E-state index is 12.2. The first kappa shape index (κ1) is 15.7. The van der Waals surface area contributed by atoms with E-state index in [4.69, 9.17) is 11.6 Å². The number of aromatic nitrogens is 1. The standard InChI is InChI=1S/C15H15BrClNOS/c1-15(2,3)13-8-20-14(18-13)7-12(19)9-4-5-11(17)10(16)6-9/h4-6,8H,7H2,1-3H3. The van der Waals surface area contributed by atoms with E-state index in [1.165, 1.54) is 11.3 Å². The van der Waals surface area contributed by atoms with Crippen LogP contribution in [0.3, 0.4) is 0 Å². The predicted octanol–water partition coefficient (Wildman–Crippen LogP) is 5.28. The minimum Gasteiger partial charge on any atom is -0.294 e. The molecule has 2 aromatic rings. The van der Waals surface area contributed by atoms with E-state index in [-0.39, 0.29) is 11.2 Å². The molecule has 0 spiro atoms. The Hall–Kier alpha value is -0.710. The lowest BCUT2D eigenvalue weighted by molar-refractivity contribution is 0.0993. The van der Waals surface area contributed by atoms with Gasteiger partial charge in [-0.3, -0.25) is 4.79 Å². The molecule has 2 rings (SSSR count). The molecule has 1 heterocycles. The van der Waals surface area contributed by atoms with Crippen molar-refractivity contribution in [2.45, 2.75) is 32.6 Å². The van der Waals surface area contributed by atoms with Crippen LogP contribution in [0.4, 0.5) is 0 Å². The number of halogens is 2. The molecule has 0 amide bonds. The van der Waals surface area contributed by atoms with Crippen molar-refractivity contribution in [1.29, 1.82) is 0 Å². The van der Waals surface area contributed by atoms with Crippen LogP contribution in [0.25, 0.3) is 0 Å². The lowest BCUT2D eigenvalue weighted by Crippen LogP contribution is -2.12. The number of carbonyl (C=O) groups is 1. The second-order valence-electron chi connectivity index (χ2n) is 5.61. The second kappa shape index (κ2) is 5.96. The van der Waals surface area contributed by atoms with Crippen molar-refractivity contribution in [3.8, 4) is 0 Å². The van der Waals surface area contributed by atoms with Gasteiger partial charge in [-0.05, 0) is 34.1 Å². The highest BCUT2D eigenvalue weighted by Gasteiger charge is 2.18. The first-order chi connectivity index (χ1) is 9.27. The first-order valence-corrected chi connectivity index (χ1v) is 8.25. The van der Waals surface area contributed by atoms with Crippen LogP contribution in [0.15, 0.2) is 28.1 Å². The third kappa shape index (κ3) is 3.68. The maximum atomic E-state index is 12.2. The second-order valence-corrected chi connectivity index (χ2v) is 7.81. The Morgan fingerprint density at radius 3 is 2.65 bits per heavy atom. The molecule has 2 nitrogen and oxygen atoms in total. The molecule has 0 N–H and O–H groups in total. The summed E-state index contributed by atoms with van der Waals surface area (Å²) < 4.78 is 0.736. The molecule has 0 atom stereocenters. The van der Waals surface area contributed by atoms with Crippen molar-refractivity contribution in [3.05, 3.63) is 49.3 Å². The smallest absolute Gasteiger partial charge is 0.169 e. The summed E-state index contributed by atoms with van der Waals surface area (Å²) >= 11 is 10.8. The summed E-state index contributed by atoms with van der Waals surface area (Å²) in [5, 5.41) is 3.48. The average Bonchev–Trinajstić information content (AvgIpc) is 2.81. The van der Waals surface area contributed by atoms with E-state index in [0.717, 1.165) is 15.2 Å². The Kier molecular flexibility index (Phi) is 4.67. The lowest BCUT2D eigenvalue weighted by Gasteiger charge is -2.14. The predicted molar refractivity (Wildman–Crippen MR) is 88.0 cm³/mol. The highest BCUT2D eigenvalue weighted by atomic mass is 79.9. The van der Waals surface area contributed by atoms with Crippen molar-refractivity contribution >= 4 is 44.7 Å². The van der Waals surface area contributed by atoms with Crippen LogP contribution in [0.5, 0.6) is 0 Å². The molecule has 0 bridgehead atoms. The molecule has 1 aromatic heterocycles. The van der Waals surface area contributed by atoms with Crippen LogP contribution in [-0.4, -0.2) is 10.8 Å². The van der Waals surface area contributed by atoms with Gasteiger partial charge in [-0.2, -0.15) is 0 Å². The SMILES string of the molecule is CC(C)(C)c1csc(CC(=O)c2ccc(Cl)c(Br)c2)n1. The molecule has 20 heavy (non-hydrogen) atoms. The summed E-state index contributed by atoms with van der Waals surface area (Å²) in [6.45, 7) is 6.35. The monoisotopic (exact) mass is 371 g/mol. The average molecular weight is 373 g/mol. The van der Waals surface area contributed by atoms with Crippen LogP contribution in [-0.2, 0) is 11.8 Å². The van der Waals surface area contributed by atoms with Gasteiger partial charge in [0.2, 0.25) is 0 Å². The van der Waals surface area contributed by atoms with Crippen LogP contribution < -0.4 is 0 Å². The van der Waals surface area contributed by atoms with E-state index in [1.807, 2.05) is 5.38 Å². The molecule has 5 heteroatoms. The minimum atomic E-state index is 0.0150. The Morgan fingerprint density at radius 1 is 1.40 bits per heavy atom. The number of carbonyl (C=O) groups excluding carboxylic acids is 1. The topological polar surface area (TPSA) is 30.0 Å². The number of nitrogens with zero attached hydrogens (tertiary/aromatic N) is 1. The molecular formula is C15H15BrClNOS. The third-order valence-electron chi connectivity index (χ3n) is 2.87.